The number of thioether (sulfide) groups is 1. The molecule has 2 rings (SSSR count). The zero-order chi connectivity index (χ0) is 15.9. The van der Waals surface area contributed by atoms with Gasteiger partial charge in [0.1, 0.15) is 0 Å². The zero-order valence-electron chi connectivity index (χ0n) is 11.7. The van der Waals surface area contributed by atoms with Gasteiger partial charge in [-0.3, -0.25) is 9.59 Å². The molecule has 0 amide bonds. The highest BCUT2D eigenvalue weighted by Crippen LogP contribution is 2.37. The molecule has 0 saturated heterocycles. The number of carboxylic acids is 1. The topological polar surface area (TPSA) is 54.4 Å². The maximum Gasteiger partial charge on any atom is 0.313 e. The summed E-state index contributed by atoms with van der Waals surface area (Å²) in [5.74, 6) is -1.00. The van der Waals surface area contributed by atoms with Crippen molar-refractivity contribution in [3.63, 3.8) is 0 Å². The number of hydrogen-bond acceptors (Lipinski definition) is 3. The fourth-order valence-corrected chi connectivity index (χ4v) is 3.41. The standard InChI is InChI=1S/C17H15ClO3S/c18-14-9-5-4-8-13(14)16(22-11-17(20)21)10-15(19)12-6-2-1-3-7-12/h1-9,16H,10-11H2,(H,20,21). The van der Waals surface area contributed by atoms with E-state index in [1.165, 1.54) is 11.8 Å². The lowest BCUT2D eigenvalue weighted by Gasteiger charge is -2.17. The van der Waals surface area contributed by atoms with Crippen molar-refractivity contribution in [1.29, 1.82) is 0 Å². The van der Waals surface area contributed by atoms with Crippen LogP contribution in [0.1, 0.15) is 27.6 Å². The lowest BCUT2D eigenvalue weighted by molar-refractivity contribution is -0.133. The van der Waals surface area contributed by atoms with E-state index >= 15 is 0 Å². The first-order chi connectivity index (χ1) is 10.6. The number of carbonyl (C=O) groups excluding carboxylic acids is 1. The summed E-state index contributed by atoms with van der Waals surface area (Å²) in [4.78, 5) is 23.2. The molecule has 3 nitrogen and oxygen atoms in total. The molecular formula is C17H15ClO3S. The van der Waals surface area contributed by atoms with Crippen LogP contribution in [0, 0.1) is 0 Å². The Morgan fingerprint density at radius 1 is 1.05 bits per heavy atom. The molecule has 2 aromatic rings. The predicted molar refractivity (Wildman–Crippen MR) is 89.7 cm³/mol. The molecule has 22 heavy (non-hydrogen) atoms. The van der Waals surface area contributed by atoms with E-state index in [0.717, 1.165) is 5.56 Å². The first-order valence-corrected chi connectivity index (χ1v) is 8.16. The minimum atomic E-state index is -0.908. The molecule has 1 N–H and O–H groups in total. The Kier molecular flexibility index (Phi) is 6.04. The molecule has 1 unspecified atom stereocenters. The van der Waals surface area contributed by atoms with Crippen LogP contribution >= 0.6 is 23.4 Å². The van der Waals surface area contributed by atoms with Crippen LogP contribution in [0.5, 0.6) is 0 Å². The second-order valence-electron chi connectivity index (χ2n) is 4.71. The zero-order valence-corrected chi connectivity index (χ0v) is 13.3. The summed E-state index contributed by atoms with van der Waals surface area (Å²) in [7, 11) is 0. The van der Waals surface area contributed by atoms with E-state index in [2.05, 4.69) is 0 Å². The molecular weight excluding hydrogens is 320 g/mol. The third-order valence-corrected chi connectivity index (χ3v) is 4.71. The number of carbonyl (C=O) groups is 2. The van der Waals surface area contributed by atoms with Crippen molar-refractivity contribution in [3.8, 4) is 0 Å². The Hall–Kier alpha value is -1.78. The Bertz CT molecular complexity index is 658. The van der Waals surface area contributed by atoms with Crippen molar-refractivity contribution in [2.75, 3.05) is 5.75 Å². The first-order valence-electron chi connectivity index (χ1n) is 6.74. The Morgan fingerprint density at radius 2 is 1.68 bits per heavy atom. The molecule has 0 bridgehead atoms. The molecule has 0 aliphatic carbocycles. The van der Waals surface area contributed by atoms with Gasteiger partial charge in [-0.1, -0.05) is 60.1 Å². The van der Waals surface area contributed by atoms with Gasteiger partial charge in [-0.25, -0.2) is 0 Å². The summed E-state index contributed by atoms with van der Waals surface area (Å²) in [6, 6.07) is 16.2. The predicted octanol–water partition coefficient (Wildman–Crippen LogP) is 4.47. The number of hydrogen-bond donors (Lipinski definition) is 1. The van der Waals surface area contributed by atoms with E-state index in [-0.39, 0.29) is 23.2 Å². The lowest BCUT2D eigenvalue weighted by Crippen LogP contribution is -2.09. The fourth-order valence-electron chi connectivity index (χ4n) is 2.08. The van der Waals surface area contributed by atoms with Crippen LogP contribution in [0.4, 0.5) is 0 Å². The number of Topliss-reactive ketones (excluding diaryl/α,β-unsaturated/α-hetero) is 1. The van der Waals surface area contributed by atoms with Crippen LogP contribution in [0.25, 0.3) is 0 Å². The van der Waals surface area contributed by atoms with Gasteiger partial charge in [0.25, 0.3) is 0 Å². The summed E-state index contributed by atoms with van der Waals surface area (Å²) in [6.45, 7) is 0. The van der Waals surface area contributed by atoms with Crippen LogP contribution in [0.2, 0.25) is 5.02 Å². The molecule has 0 saturated carbocycles. The van der Waals surface area contributed by atoms with Crippen molar-refractivity contribution in [2.24, 2.45) is 0 Å². The summed E-state index contributed by atoms with van der Waals surface area (Å²) >= 11 is 7.41. The number of aliphatic carboxylic acids is 1. The second-order valence-corrected chi connectivity index (χ2v) is 6.31. The lowest BCUT2D eigenvalue weighted by atomic mass is 10.0. The Balaban J connectivity index is 2.19. The van der Waals surface area contributed by atoms with Crippen LogP contribution in [-0.4, -0.2) is 22.6 Å². The molecule has 2 aromatic carbocycles. The monoisotopic (exact) mass is 334 g/mol. The van der Waals surface area contributed by atoms with Crippen LogP contribution < -0.4 is 0 Å². The van der Waals surface area contributed by atoms with Crippen molar-refractivity contribution in [1.82, 2.24) is 0 Å². The highest BCUT2D eigenvalue weighted by molar-refractivity contribution is 8.00. The molecule has 5 heteroatoms. The van der Waals surface area contributed by atoms with E-state index in [9.17, 15) is 9.59 Å². The Morgan fingerprint density at radius 3 is 2.32 bits per heavy atom. The molecule has 114 valence electrons. The second kappa shape index (κ2) is 8.01. The number of halogens is 1. The van der Waals surface area contributed by atoms with E-state index in [4.69, 9.17) is 16.7 Å². The molecule has 0 aromatic heterocycles. The molecule has 0 fully saturated rings. The van der Waals surface area contributed by atoms with E-state index in [1.54, 1.807) is 18.2 Å². The third kappa shape index (κ3) is 4.61. The minimum Gasteiger partial charge on any atom is -0.481 e. The van der Waals surface area contributed by atoms with Gasteiger partial charge in [0.05, 0.1) is 5.75 Å². The molecule has 0 heterocycles. The van der Waals surface area contributed by atoms with E-state index in [1.807, 2.05) is 36.4 Å². The van der Waals surface area contributed by atoms with Gasteiger partial charge in [-0.15, -0.1) is 11.8 Å². The van der Waals surface area contributed by atoms with Crippen molar-refractivity contribution in [3.05, 3.63) is 70.7 Å². The van der Waals surface area contributed by atoms with Gasteiger partial charge >= 0.3 is 5.97 Å². The number of ketones is 1. The van der Waals surface area contributed by atoms with Crippen LogP contribution in [-0.2, 0) is 4.79 Å². The van der Waals surface area contributed by atoms with Crippen molar-refractivity contribution >= 4 is 35.1 Å². The summed E-state index contributed by atoms with van der Waals surface area (Å²) in [5, 5.41) is 9.16. The van der Waals surface area contributed by atoms with Crippen molar-refractivity contribution < 1.29 is 14.7 Å². The maximum absolute atomic E-state index is 12.4. The van der Waals surface area contributed by atoms with Gasteiger partial charge in [0.2, 0.25) is 0 Å². The van der Waals surface area contributed by atoms with Gasteiger partial charge in [0, 0.05) is 22.3 Å². The highest BCUT2D eigenvalue weighted by Gasteiger charge is 2.20. The largest absolute Gasteiger partial charge is 0.481 e. The number of carboxylic acid groups (broad SMARTS) is 1. The number of benzene rings is 2. The molecule has 0 aliphatic heterocycles. The highest BCUT2D eigenvalue weighted by atomic mass is 35.5. The molecule has 0 aliphatic rings. The molecule has 0 radical (unpaired) electrons. The van der Waals surface area contributed by atoms with Crippen LogP contribution in [0.15, 0.2) is 54.6 Å². The molecule has 0 spiro atoms. The third-order valence-electron chi connectivity index (χ3n) is 3.13. The Labute approximate surface area is 138 Å². The van der Waals surface area contributed by atoms with Crippen molar-refractivity contribution in [2.45, 2.75) is 11.7 Å². The van der Waals surface area contributed by atoms with E-state index < -0.39 is 5.97 Å². The average molecular weight is 335 g/mol. The van der Waals surface area contributed by atoms with E-state index in [0.29, 0.717) is 10.6 Å². The average Bonchev–Trinajstić information content (AvgIpc) is 2.52. The fraction of sp³-hybridized carbons (Fsp3) is 0.176. The maximum atomic E-state index is 12.4. The first kappa shape index (κ1) is 16.6. The van der Waals surface area contributed by atoms with Gasteiger partial charge < -0.3 is 5.11 Å². The van der Waals surface area contributed by atoms with Gasteiger partial charge in [-0.2, -0.15) is 0 Å². The summed E-state index contributed by atoms with van der Waals surface area (Å²) in [5.41, 5.74) is 1.41. The number of rotatable bonds is 7. The van der Waals surface area contributed by atoms with Gasteiger partial charge in [-0.05, 0) is 11.6 Å². The quantitative estimate of drug-likeness (QED) is 0.759. The smallest absolute Gasteiger partial charge is 0.313 e. The van der Waals surface area contributed by atoms with Crippen LogP contribution in [0.3, 0.4) is 0 Å². The summed E-state index contributed by atoms with van der Waals surface area (Å²) in [6.07, 6.45) is 0.214. The van der Waals surface area contributed by atoms with Gasteiger partial charge in [0.15, 0.2) is 5.78 Å². The minimum absolute atomic E-state index is 0.0246. The molecule has 1 atom stereocenters. The normalized spacial score (nSPS) is 11.9. The SMILES string of the molecule is O=C(O)CSC(CC(=O)c1ccccc1)c1ccccc1Cl. The summed E-state index contributed by atoms with van der Waals surface area (Å²) < 4.78 is 0.